The van der Waals surface area contributed by atoms with E-state index in [9.17, 15) is 4.79 Å². The second-order valence-corrected chi connectivity index (χ2v) is 9.60. The van der Waals surface area contributed by atoms with Gasteiger partial charge in [0.15, 0.2) is 11.0 Å². The molecular weight excluding hydrogens is 450 g/mol. The molecular formula is C21H22ClN7O2S. The Morgan fingerprint density at radius 1 is 1.28 bits per heavy atom. The Hall–Kier alpha value is -2.98. The van der Waals surface area contributed by atoms with E-state index >= 15 is 0 Å². The summed E-state index contributed by atoms with van der Waals surface area (Å²) in [7, 11) is 0. The fourth-order valence-corrected chi connectivity index (χ4v) is 4.61. The highest BCUT2D eigenvalue weighted by Crippen LogP contribution is 2.40. The molecule has 1 aliphatic carbocycles. The van der Waals surface area contributed by atoms with Gasteiger partial charge in [-0.1, -0.05) is 22.9 Å². The number of halogens is 1. The normalized spacial score (nSPS) is 14.8. The third-order valence-electron chi connectivity index (χ3n) is 5.23. The van der Waals surface area contributed by atoms with E-state index in [1.54, 1.807) is 23.0 Å². The number of tetrazole rings is 1. The largest absolute Gasteiger partial charge is 0.489 e. The van der Waals surface area contributed by atoms with Crippen molar-refractivity contribution in [2.24, 2.45) is 0 Å². The number of H-pyrrole nitrogens is 1. The van der Waals surface area contributed by atoms with Crippen molar-refractivity contribution in [2.75, 3.05) is 5.32 Å². The average Bonchev–Trinajstić information content (AvgIpc) is 3.28. The van der Waals surface area contributed by atoms with Crippen LogP contribution in [-0.4, -0.2) is 36.3 Å². The number of hydrogen-bond donors (Lipinski definition) is 2. The Morgan fingerprint density at radius 3 is 2.84 bits per heavy atom. The van der Waals surface area contributed by atoms with Gasteiger partial charge < -0.3 is 15.0 Å². The number of fused-ring (bicyclic) bond motifs is 1. The smallest absolute Gasteiger partial charge is 0.253 e. The SMILES string of the molecule is CC(C)Oc1cc2[nH]c(=O)c([C@H](C)Nc3ncc(-n4nnnc4C4CC4)s3)cc2cc1Cl. The standard InChI is InChI=1S/C21H22ClN7O2S/c1-10(2)31-17-8-16-13(7-15(17)22)6-14(20(30)25-16)11(3)24-21-23-9-18(32-21)29-19(12-4-5-12)26-27-28-29/h6-12H,4-5H2,1-3H3,(H,23,24)(H,25,30)/t11-/m0/s1. The molecule has 2 N–H and O–H groups in total. The van der Waals surface area contributed by atoms with Crippen molar-refractivity contribution in [3.05, 3.63) is 51.2 Å². The summed E-state index contributed by atoms with van der Waals surface area (Å²) in [5, 5.41) is 18.2. The molecule has 11 heteroatoms. The third kappa shape index (κ3) is 4.07. The fourth-order valence-electron chi connectivity index (χ4n) is 3.53. The van der Waals surface area contributed by atoms with Crippen LogP contribution in [0.2, 0.25) is 5.02 Å². The van der Waals surface area contributed by atoms with E-state index in [0.29, 0.717) is 32.9 Å². The van der Waals surface area contributed by atoms with Crippen LogP contribution in [0, 0.1) is 0 Å². The zero-order valence-electron chi connectivity index (χ0n) is 17.8. The minimum Gasteiger partial charge on any atom is -0.489 e. The van der Waals surface area contributed by atoms with E-state index in [0.717, 1.165) is 29.1 Å². The van der Waals surface area contributed by atoms with Gasteiger partial charge in [-0.25, -0.2) is 4.98 Å². The molecule has 1 atom stereocenters. The number of hydrogen-bond acceptors (Lipinski definition) is 8. The maximum atomic E-state index is 12.8. The lowest BCUT2D eigenvalue weighted by Crippen LogP contribution is -2.19. The maximum Gasteiger partial charge on any atom is 0.253 e. The maximum absolute atomic E-state index is 12.8. The number of pyridine rings is 1. The number of aromatic amines is 1. The van der Waals surface area contributed by atoms with Crippen LogP contribution < -0.4 is 15.6 Å². The number of thiazole rings is 1. The summed E-state index contributed by atoms with van der Waals surface area (Å²) < 4.78 is 7.46. The second-order valence-electron chi connectivity index (χ2n) is 8.18. The van der Waals surface area contributed by atoms with Crippen LogP contribution in [-0.2, 0) is 0 Å². The second kappa shape index (κ2) is 8.18. The lowest BCUT2D eigenvalue weighted by Gasteiger charge is -2.15. The van der Waals surface area contributed by atoms with Gasteiger partial charge in [0, 0.05) is 22.9 Å². The molecule has 4 aromatic rings. The van der Waals surface area contributed by atoms with E-state index in [2.05, 4.69) is 30.8 Å². The van der Waals surface area contributed by atoms with Crippen LogP contribution in [0.15, 0.2) is 29.2 Å². The van der Waals surface area contributed by atoms with Gasteiger partial charge >= 0.3 is 0 Å². The minimum absolute atomic E-state index is 0.0167. The highest BCUT2D eigenvalue weighted by Gasteiger charge is 2.30. The van der Waals surface area contributed by atoms with E-state index in [-0.39, 0.29) is 17.7 Å². The summed E-state index contributed by atoms with van der Waals surface area (Å²) in [6, 6.07) is 5.14. The first kappa shape index (κ1) is 20.9. The molecule has 0 amide bonds. The van der Waals surface area contributed by atoms with Crippen LogP contribution in [0.4, 0.5) is 5.13 Å². The molecule has 0 aliphatic heterocycles. The molecule has 0 saturated heterocycles. The van der Waals surface area contributed by atoms with Crippen molar-refractivity contribution in [2.45, 2.75) is 51.7 Å². The highest BCUT2D eigenvalue weighted by atomic mass is 35.5. The fraction of sp³-hybridized carbons (Fsp3) is 0.381. The number of aromatic nitrogens is 6. The van der Waals surface area contributed by atoms with Crippen molar-refractivity contribution in [3.63, 3.8) is 0 Å². The van der Waals surface area contributed by atoms with Crippen molar-refractivity contribution in [1.29, 1.82) is 0 Å². The monoisotopic (exact) mass is 471 g/mol. The molecule has 1 aromatic carbocycles. The summed E-state index contributed by atoms with van der Waals surface area (Å²) in [6.45, 7) is 5.77. The number of rotatable bonds is 7. The van der Waals surface area contributed by atoms with E-state index in [4.69, 9.17) is 16.3 Å². The molecule has 9 nitrogen and oxygen atoms in total. The number of nitrogens with one attached hydrogen (secondary N) is 2. The van der Waals surface area contributed by atoms with Crippen LogP contribution in [0.25, 0.3) is 15.9 Å². The zero-order chi connectivity index (χ0) is 22.4. The van der Waals surface area contributed by atoms with Gasteiger partial charge in [0.1, 0.15) is 10.8 Å². The summed E-state index contributed by atoms with van der Waals surface area (Å²) in [5.41, 5.74) is 1.08. The molecule has 1 aliphatic rings. The summed E-state index contributed by atoms with van der Waals surface area (Å²) in [5.74, 6) is 1.85. The molecule has 5 rings (SSSR count). The van der Waals surface area contributed by atoms with Gasteiger partial charge in [-0.05, 0) is 56.2 Å². The summed E-state index contributed by atoms with van der Waals surface area (Å²) in [6.07, 6.45) is 3.95. The number of nitrogens with zero attached hydrogens (tertiary/aromatic N) is 5. The molecule has 32 heavy (non-hydrogen) atoms. The zero-order valence-corrected chi connectivity index (χ0v) is 19.4. The lowest BCUT2D eigenvalue weighted by molar-refractivity contribution is 0.243. The minimum atomic E-state index is -0.274. The molecule has 166 valence electrons. The Labute approximate surface area is 192 Å². The van der Waals surface area contributed by atoms with Gasteiger partial charge in [-0.3, -0.25) is 4.79 Å². The number of ether oxygens (including phenoxy) is 1. The summed E-state index contributed by atoms with van der Waals surface area (Å²) in [4.78, 5) is 20.2. The van der Waals surface area contributed by atoms with Crippen LogP contribution in [0.3, 0.4) is 0 Å². The Kier molecular flexibility index (Phi) is 5.34. The molecule has 3 aromatic heterocycles. The Balaban J connectivity index is 1.39. The molecule has 0 bridgehead atoms. The van der Waals surface area contributed by atoms with Gasteiger partial charge in [0.2, 0.25) is 0 Å². The molecule has 0 radical (unpaired) electrons. The van der Waals surface area contributed by atoms with Gasteiger partial charge in [0.05, 0.1) is 28.9 Å². The number of benzene rings is 1. The van der Waals surface area contributed by atoms with Crippen molar-refractivity contribution < 1.29 is 4.74 Å². The predicted octanol–water partition coefficient (Wildman–Crippen LogP) is 4.45. The van der Waals surface area contributed by atoms with Gasteiger partial charge in [0.25, 0.3) is 5.56 Å². The average molecular weight is 472 g/mol. The first-order valence-electron chi connectivity index (χ1n) is 10.4. The first-order chi connectivity index (χ1) is 15.4. The highest BCUT2D eigenvalue weighted by molar-refractivity contribution is 7.17. The molecule has 0 unspecified atom stereocenters. The van der Waals surface area contributed by atoms with E-state index < -0.39 is 0 Å². The lowest BCUT2D eigenvalue weighted by atomic mass is 10.1. The van der Waals surface area contributed by atoms with E-state index in [1.807, 2.05) is 26.8 Å². The Morgan fingerprint density at radius 2 is 2.09 bits per heavy atom. The topological polar surface area (TPSA) is 111 Å². The molecule has 0 spiro atoms. The predicted molar refractivity (Wildman–Crippen MR) is 124 cm³/mol. The van der Waals surface area contributed by atoms with Crippen molar-refractivity contribution >= 4 is 39.0 Å². The van der Waals surface area contributed by atoms with Gasteiger partial charge in [-0.2, -0.15) is 4.68 Å². The van der Waals surface area contributed by atoms with E-state index in [1.165, 1.54) is 11.3 Å². The van der Waals surface area contributed by atoms with Gasteiger partial charge in [-0.15, -0.1) is 5.10 Å². The third-order valence-corrected chi connectivity index (χ3v) is 6.43. The van der Waals surface area contributed by atoms with Crippen molar-refractivity contribution in [1.82, 2.24) is 30.2 Å². The van der Waals surface area contributed by atoms with Crippen LogP contribution >= 0.6 is 22.9 Å². The molecule has 1 saturated carbocycles. The quantitative estimate of drug-likeness (QED) is 0.409. The number of anilines is 1. The Bertz CT molecular complexity index is 1340. The summed E-state index contributed by atoms with van der Waals surface area (Å²) >= 11 is 7.82. The molecule has 1 fully saturated rings. The van der Waals surface area contributed by atoms with Crippen molar-refractivity contribution in [3.8, 4) is 10.8 Å². The van der Waals surface area contributed by atoms with Crippen LogP contribution in [0.1, 0.15) is 57.0 Å². The molecule has 3 heterocycles. The first-order valence-corrected chi connectivity index (χ1v) is 11.6. The van der Waals surface area contributed by atoms with Crippen LogP contribution in [0.5, 0.6) is 5.75 Å².